The van der Waals surface area contributed by atoms with Crippen LogP contribution < -0.4 is 10.6 Å². The van der Waals surface area contributed by atoms with Gasteiger partial charge in [0.1, 0.15) is 11.6 Å². The van der Waals surface area contributed by atoms with Gasteiger partial charge in [-0.3, -0.25) is 0 Å². The molecule has 29 heavy (non-hydrogen) atoms. The molecule has 4 aromatic carbocycles. The normalized spacial score (nSPS) is 11.6. The van der Waals surface area contributed by atoms with E-state index < -0.39 is 12.8 Å². The Morgan fingerprint density at radius 1 is 0.517 bits per heavy atom. The third kappa shape index (κ3) is 3.79. The first kappa shape index (κ1) is 19.3. The van der Waals surface area contributed by atoms with Gasteiger partial charge >= 0.3 is 0 Å². The number of hydrogen-bond acceptors (Lipinski definition) is 1. The fourth-order valence-corrected chi connectivity index (χ4v) is 6.96. The van der Waals surface area contributed by atoms with Gasteiger partial charge in [-0.05, 0) is 35.4 Å². The number of halogens is 2. The van der Waals surface area contributed by atoms with Crippen LogP contribution in [0.15, 0.2) is 109 Å². The highest BCUT2D eigenvalue weighted by Crippen LogP contribution is 2.60. The van der Waals surface area contributed by atoms with Crippen molar-refractivity contribution in [2.45, 2.75) is 5.66 Å². The topological polar surface area (TPSA) is 17.1 Å². The fourth-order valence-electron chi connectivity index (χ4n) is 3.65. The summed E-state index contributed by atoms with van der Waals surface area (Å²) in [4.78, 5) is 0. The van der Waals surface area contributed by atoms with E-state index in [0.29, 0.717) is 21.7 Å². The van der Waals surface area contributed by atoms with Crippen LogP contribution in [0.25, 0.3) is 0 Å². The van der Waals surface area contributed by atoms with Crippen LogP contribution in [-0.2, 0) is 4.57 Å². The highest BCUT2D eigenvalue weighted by molar-refractivity contribution is 7.79. The zero-order valence-corrected chi connectivity index (χ0v) is 16.5. The lowest BCUT2D eigenvalue weighted by molar-refractivity contribution is 0.582. The van der Waals surface area contributed by atoms with Crippen LogP contribution in [0.1, 0.15) is 16.8 Å². The minimum absolute atomic E-state index is 0.360. The van der Waals surface area contributed by atoms with Gasteiger partial charge in [-0.25, -0.2) is 8.78 Å². The van der Waals surface area contributed by atoms with Crippen molar-refractivity contribution in [3.05, 3.63) is 132 Å². The van der Waals surface area contributed by atoms with Crippen LogP contribution >= 0.6 is 7.14 Å². The van der Waals surface area contributed by atoms with Crippen LogP contribution in [0, 0.1) is 11.6 Å². The average molecular weight is 404 g/mol. The molecule has 1 nitrogen and oxygen atoms in total. The Morgan fingerprint density at radius 2 is 0.862 bits per heavy atom. The van der Waals surface area contributed by atoms with Crippen molar-refractivity contribution in [3.8, 4) is 0 Å². The molecule has 0 heterocycles. The lowest BCUT2D eigenvalue weighted by Crippen LogP contribution is -2.22. The molecule has 0 spiro atoms. The molecule has 4 heteroatoms. The van der Waals surface area contributed by atoms with Crippen molar-refractivity contribution in [2.75, 3.05) is 0 Å². The van der Waals surface area contributed by atoms with Crippen LogP contribution in [0.2, 0.25) is 0 Å². The molecule has 0 aliphatic heterocycles. The Bertz CT molecular complexity index is 1040. The number of hydrogen-bond donors (Lipinski definition) is 0. The van der Waals surface area contributed by atoms with Gasteiger partial charge in [0, 0.05) is 10.6 Å². The summed E-state index contributed by atoms with van der Waals surface area (Å²) < 4.78 is 42.2. The average Bonchev–Trinajstić information content (AvgIpc) is 2.77. The van der Waals surface area contributed by atoms with Gasteiger partial charge in [-0.2, -0.15) is 0 Å². The molecule has 0 aromatic heterocycles. The Kier molecular flexibility index (Phi) is 5.42. The number of benzene rings is 4. The van der Waals surface area contributed by atoms with Gasteiger partial charge in [0.2, 0.25) is 0 Å². The van der Waals surface area contributed by atoms with Gasteiger partial charge < -0.3 is 4.57 Å². The smallest absolute Gasteiger partial charge is 0.154 e. The molecule has 0 fully saturated rings. The maximum absolute atomic E-state index is 14.9. The van der Waals surface area contributed by atoms with Gasteiger partial charge in [0.25, 0.3) is 0 Å². The zero-order valence-electron chi connectivity index (χ0n) is 15.6. The van der Waals surface area contributed by atoms with E-state index >= 15 is 0 Å². The standard InChI is InChI=1S/C25H19F2OP/c26-21-15-11-19(12-16-21)25(20-13-17-22(27)18-14-20)29(28,23-7-3-1-4-8-23)24-9-5-2-6-10-24/h1-18,25H. The van der Waals surface area contributed by atoms with Crippen LogP contribution in [-0.4, -0.2) is 0 Å². The first-order valence-electron chi connectivity index (χ1n) is 9.31. The summed E-state index contributed by atoms with van der Waals surface area (Å²) >= 11 is 0. The Balaban J connectivity index is 2.02. The molecule has 144 valence electrons. The molecule has 4 rings (SSSR count). The minimum Gasteiger partial charge on any atom is -0.313 e. The molecular formula is C25H19F2OP. The molecule has 0 unspecified atom stereocenters. The van der Waals surface area contributed by atoms with Gasteiger partial charge in [-0.15, -0.1) is 0 Å². The lowest BCUT2D eigenvalue weighted by Gasteiger charge is -2.30. The van der Waals surface area contributed by atoms with E-state index in [2.05, 4.69) is 0 Å². The van der Waals surface area contributed by atoms with Crippen molar-refractivity contribution < 1.29 is 13.3 Å². The summed E-state index contributed by atoms with van der Waals surface area (Å²) in [7, 11) is -3.25. The van der Waals surface area contributed by atoms with Crippen molar-refractivity contribution in [1.29, 1.82) is 0 Å². The van der Waals surface area contributed by atoms with Gasteiger partial charge in [0.15, 0.2) is 7.14 Å². The quantitative estimate of drug-likeness (QED) is 0.369. The summed E-state index contributed by atoms with van der Waals surface area (Å²) in [6.45, 7) is 0. The second-order valence-corrected chi connectivity index (χ2v) is 9.70. The molecule has 0 atom stereocenters. The molecule has 0 aliphatic rings. The van der Waals surface area contributed by atoms with Gasteiger partial charge in [-0.1, -0.05) is 84.9 Å². The second kappa shape index (κ2) is 8.14. The van der Waals surface area contributed by atoms with Crippen molar-refractivity contribution in [1.82, 2.24) is 0 Å². The Morgan fingerprint density at radius 3 is 1.21 bits per heavy atom. The predicted molar refractivity (Wildman–Crippen MR) is 114 cm³/mol. The Hall–Kier alpha value is -3.03. The summed E-state index contributed by atoms with van der Waals surface area (Å²) in [5.74, 6) is -0.721. The number of rotatable bonds is 5. The van der Waals surface area contributed by atoms with Gasteiger partial charge in [0.05, 0.1) is 5.66 Å². The molecule has 0 bridgehead atoms. The first-order chi connectivity index (χ1) is 14.1. The highest BCUT2D eigenvalue weighted by Gasteiger charge is 2.38. The fraction of sp³-hybridized carbons (Fsp3) is 0.0400. The summed E-state index contributed by atoms with van der Waals surface area (Å²) in [5, 5.41) is 1.40. The molecule has 4 aromatic rings. The molecule has 0 N–H and O–H groups in total. The van der Waals surface area contributed by atoms with E-state index in [9.17, 15) is 13.3 Å². The minimum atomic E-state index is -3.25. The first-order valence-corrected chi connectivity index (χ1v) is 11.1. The molecule has 0 amide bonds. The van der Waals surface area contributed by atoms with E-state index in [1.165, 1.54) is 24.3 Å². The van der Waals surface area contributed by atoms with Crippen LogP contribution in [0.4, 0.5) is 8.78 Å². The molecule has 0 radical (unpaired) electrons. The maximum atomic E-state index is 14.9. The summed E-state index contributed by atoms with van der Waals surface area (Å²) in [6.07, 6.45) is 0. The van der Waals surface area contributed by atoms with E-state index in [0.717, 1.165) is 0 Å². The van der Waals surface area contributed by atoms with Crippen molar-refractivity contribution in [2.24, 2.45) is 0 Å². The third-order valence-corrected chi connectivity index (χ3v) is 8.47. The molecular weight excluding hydrogens is 385 g/mol. The van der Waals surface area contributed by atoms with Crippen LogP contribution in [0.5, 0.6) is 0 Å². The lowest BCUT2D eigenvalue weighted by atomic mass is 10.0. The summed E-state index contributed by atoms with van der Waals surface area (Å²) in [5.41, 5.74) is 0.858. The summed E-state index contributed by atoms with van der Waals surface area (Å²) in [6, 6.07) is 30.7. The Labute approximate surface area is 169 Å². The van der Waals surface area contributed by atoms with E-state index in [1.807, 2.05) is 60.7 Å². The SMILES string of the molecule is O=P(c1ccccc1)(c1ccccc1)C(c1ccc(F)cc1)c1ccc(F)cc1. The monoisotopic (exact) mass is 404 g/mol. The predicted octanol–water partition coefficient (Wildman–Crippen LogP) is 6.07. The molecule has 0 saturated carbocycles. The van der Waals surface area contributed by atoms with E-state index in [1.54, 1.807) is 24.3 Å². The molecule has 0 aliphatic carbocycles. The van der Waals surface area contributed by atoms with Crippen molar-refractivity contribution in [3.63, 3.8) is 0 Å². The zero-order chi connectivity index (χ0) is 20.3. The second-order valence-electron chi connectivity index (χ2n) is 6.83. The largest absolute Gasteiger partial charge is 0.313 e. The van der Waals surface area contributed by atoms with E-state index in [-0.39, 0.29) is 11.6 Å². The highest BCUT2D eigenvalue weighted by atomic mass is 31.2. The van der Waals surface area contributed by atoms with Crippen molar-refractivity contribution >= 4 is 17.8 Å². The van der Waals surface area contributed by atoms with Crippen LogP contribution in [0.3, 0.4) is 0 Å². The molecule has 0 saturated heterocycles. The maximum Gasteiger partial charge on any atom is 0.154 e. The van der Waals surface area contributed by atoms with E-state index in [4.69, 9.17) is 0 Å². The third-order valence-electron chi connectivity index (χ3n) is 5.01.